The monoisotopic (exact) mass is 448 g/mol. The van der Waals surface area contributed by atoms with Crippen molar-refractivity contribution in [3.8, 4) is 11.4 Å². The van der Waals surface area contributed by atoms with Crippen LogP contribution in [0, 0.1) is 0 Å². The topological polar surface area (TPSA) is 78.3 Å². The van der Waals surface area contributed by atoms with E-state index in [0.717, 1.165) is 78.7 Å². The number of nitrogens with one attached hydrogen (secondary N) is 1. The van der Waals surface area contributed by atoms with E-state index < -0.39 is 5.60 Å². The molecule has 0 bridgehead atoms. The molecule has 1 fully saturated rings. The van der Waals surface area contributed by atoms with Gasteiger partial charge in [-0.05, 0) is 77.0 Å². The van der Waals surface area contributed by atoms with Crippen molar-refractivity contribution in [3.05, 3.63) is 47.7 Å². The maximum Gasteiger partial charge on any atom is 0.408 e. The molecule has 1 aliphatic carbocycles. The maximum atomic E-state index is 12.3. The first-order chi connectivity index (χ1) is 15.9. The quantitative estimate of drug-likeness (QED) is 0.556. The summed E-state index contributed by atoms with van der Waals surface area (Å²) in [6, 6.07) is 12.3. The molecule has 0 saturated carbocycles. The average Bonchev–Trinajstić information content (AvgIpc) is 3.18. The normalized spacial score (nSPS) is 20.9. The van der Waals surface area contributed by atoms with Crippen LogP contribution in [0.25, 0.3) is 22.3 Å². The Morgan fingerprint density at radius 3 is 2.76 bits per heavy atom. The molecule has 2 aromatic heterocycles. The summed E-state index contributed by atoms with van der Waals surface area (Å²) in [4.78, 5) is 17.4. The predicted molar refractivity (Wildman–Crippen MR) is 127 cm³/mol. The third-order valence-electron chi connectivity index (χ3n) is 6.27. The Bertz CT molecular complexity index is 1160. The number of carbonyl (C=O) groups is 1. The molecule has 7 nitrogen and oxygen atoms in total. The number of ether oxygens (including phenoxy) is 2. The van der Waals surface area contributed by atoms with Gasteiger partial charge in [0.15, 0.2) is 6.23 Å². The van der Waals surface area contributed by atoms with E-state index in [4.69, 9.17) is 19.6 Å². The summed E-state index contributed by atoms with van der Waals surface area (Å²) in [5.41, 5.74) is 4.37. The summed E-state index contributed by atoms with van der Waals surface area (Å²) in [5, 5.41) is 9.09. The number of rotatable bonds is 3. The van der Waals surface area contributed by atoms with Crippen LogP contribution in [-0.2, 0) is 15.9 Å². The standard InChI is InChI=1S/C26H32N4O3/c1-26(2,3)33-25(31)28-20-11-8-10-19-17(20)14-15-21(27-19)24-18-9-4-5-12-22(18)30(29-24)23-13-6-7-16-32-23/h4-5,9,12,14-15,20,23H,6-8,10-11,13,16H2,1-3H3,(H,28,31). The third-order valence-corrected chi connectivity index (χ3v) is 6.27. The molecule has 1 amide bonds. The Labute approximate surface area is 194 Å². The molecule has 7 heteroatoms. The van der Waals surface area contributed by atoms with Crippen LogP contribution < -0.4 is 5.32 Å². The highest BCUT2D eigenvalue weighted by Gasteiger charge is 2.27. The van der Waals surface area contributed by atoms with Crippen LogP contribution in [0.15, 0.2) is 36.4 Å². The largest absolute Gasteiger partial charge is 0.444 e. The molecule has 3 aromatic rings. The molecule has 33 heavy (non-hydrogen) atoms. The SMILES string of the molecule is CC(C)(C)OC(=O)NC1CCCc2nc(-c3nn(C4CCCCO4)c4ccccc34)ccc21. The highest BCUT2D eigenvalue weighted by atomic mass is 16.6. The lowest BCUT2D eigenvalue weighted by molar-refractivity contribution is -0.0365. The van der Waals surface area contributed by atoms with Gasteiger partial charge < -0.3 is 14.8 Å². The molecule has 1 saturated heterocycles. The molecule has 2 atom stereocenters. The van der Waals surface area contributed by atoms with Crippen LogP contribution in [-0.4, -0.2) is 33.1 Å². The van der Waals surface area contributed by atoms with Crippen molar-refractivity contribution in [2.45, 2.75) is 77.2 Å². The van der Waals surface area contributed by atoms with Gasteiger partial charge in [0.05, 0.1) is 17.3 Å². The lowest BCUT2D eigenvalue weighted by Gasteiger charge is -2.27. The van der Waals surface area contributed by atoms with E-state index in [1.165, 1.54) is 0 Å². The minimum Gasteiger partial charge on any atom is -0.444 e. The van der Waals surface area contributed by atoms with Gasteiger partial charge in [-0.2, -0.15) is 5.10 Å². The number of amides is 1. The number of benzene rings is 1. The van der Waals surface area contributed by atoms with Gasteiger partial charge in [-0.3, -0.25) is 4.98 Å². The van der Waals surface area contributed by atoms with Crippen molar-refractivity contribution in [2.75, 3.05) is 6.61 Å². The summed E-state index contributed by atoms with van der Waals surface area (Å²) in [6.07, 6.45) is 5.55. The van der Waals surface area contributed by atoms with Gasteiger partial charge in [0.25, 0.3) is 0 Å². The Balaban J connectivity index is 1.46. The number of nitrogens with zero attached hydrogens (tertiary/aromatic N) is 3. The summed E-state index contributed by atoms with van der Waals surface area (Å²) < 4.78 is 13.5. The molecule has 1 aromatic carbocycles. The molecule has 2 aliphatic rings. The minimum absolute atomic E-state index is 0.0302. The summed E-state index contributed by atoms with van der Waals surface area (Å²) >= 11 is 0. The van der Waals surface area contributed by atoms with Crippen molar-refractivity contribution in [3.63, 3.8) is 0 Å². The first-order valence-electron chi connectivity index (χ1n) is 12.0. The number of carbonyl (C=O) groups excluding carboxylic acids is 1. The number of hydrogen-bond acceptors (Lipinski definition) is 5. The van der Waals surface area contributed by atoms with Crippen LogP contribution in [0.4, 0.5) is 4.79 Å². The van der Waals surface area contributed by atoms with E-state index >= 15 is 0 Å². The minimum atomic E-state index is -0.522. The Hall–Kier alpha value is -2.93. The van der Waals surface area contributed by atoms with Crippen LogP contribution in [0.3, 0.4) is 0 Å². The number of alkyl carbamates (subject to hydrolysis) is 1. The number of fused-ring (bicyclic) bond motifs is 2. The Morgan fingerprint density at radius 2 is 1.97 bits per heavy atom. The van der Waals surface area contributed by atoms with Gasteiger partial charge >= 0.3 is 6.09 Å². The molecule has 3 heterocycles. The van der Waals surface area contributed by atoms with Gasteiger partial charge in [0.2, 0.25) is 0 Å². The van der Waals surface area contributed by atoms with Crippen LogP contribution in [0.5, 0.6) is 0 Å². The Kier molecular flexibility index (Phi) is 5.83. The van der Waals surface area contributed by atoms with E-state index in [1.54, 1.807) is 0 Å². The van der Waals surface area contributed by atoms with E-state index in [0.29, 0.717) is 0 Å². The Morgan fingerprint density at radius 1 is 1.12 bits per heavy atom. The van der Waals surface area contributed by atoms with Crippen molar-refractivity contribution < 1.29 is 14.3 Å². The fourth-order valence-corrected chi connectivity index (χ4v) is 4.80. The van der Waals surface area contributed by atoms with Crippen LogP contribution >= 0.6 is 0 Å². The number of pyridine rings is 1. The van der Waals surface area contributed by atoms with Gasteiger partial charge in [0.1, 0.15) is 11.3 Å². The molecule has 2 unspecified atom stereocenters. The second-order valence-corrected chi connectivity index (χ2v) is 9.96. The number of aromatic nitrogens is 3. The zero-order chi connectivity index (χ0) is 23.0. The number of hydrogen-bond donors (Lipinski definition) is 1. The van der Waals surface area contributed by atoms with Gasteiger partial charge in [0, 0.05) is 17.7 Å². The predicted octanol–water partition coefficient (Wildman–Crippen LogP) is 5.70. The zero-order valence-corrected chi connectivity index (χ0v) is 19.6. The van der Waals surface area contributed by atoms with E-state index in [1.807, 2.05) is 43.7 Å². The number of aryl methyl sites for hydroxylation is 1. The van der Waals surface area contributed by atoms with Crippen LogP contribution in [0.2, 0.25) is 0 Å². The second-order valence-electron chi connectivity index (χ2n) is 9.96. The van der Waals surface area contributed by atoms with Crippen molar-refractivity contribution in [1.29, 1.82) is 0 Å². The van der Waals surface area contributed by atoms with E-state index in [-0.39, 0.29) is 18.4 Å². The molecule has 0 radical (unpaired) electrons. The van der Waals surface area contributed by atoms with Gasteiger partial charge in [-0.1, -0.05) is 24.3 Å². The molecule has 5 rings (SSSR count). The fourth-order valence-electron chi connectivity index (χ4n) is 4.80. The van der Waals surface area contributed by atoms with Crippen LogP contribution in [0.1, 0.15) is 76.4 Å². The molecule has 1 N–H and O–H groups in total. The zero-order valence-electron chi connectivity index (χ0n) is 19.6. The highest BCUT2D eigenvalue weighted by molar-refractivity contribution is 5.92. The van der Waals surface area contributed by atoms with Gasteiger partial charge in [-0.25, -0.2) is 9.48 Å². The second kappa shape index (κ2) is 8.78. The lowest BCUT2D eigenvalue weighted by Crippen LogP contribution is -2.36. The van der Waals surface area contributed by atoms with E-state index in [2.05, 4.69) is 23.5 Å². The molecule has 174 valence electrons. The molecule has 1 aliphatic heterocycles. The van der Waals surface area contributed by atoms with Crippen molar-refractivity contribution in [1.82, 2.24) is 20.1 Å². The van der Waals surface area contributed by atoms with Gasteiger partial charge in [-0.15, -0.1) is 0 Å². The highest BCUT2D eigenvalue weighted by Crippen LogP contribution is 2.35. The first kappa shape index (κ1) is 21.9. The van der Waals surface area contributed by atoms with E-state index in [9.17, 15) is 4.79 Å². The van der Waals surface area contributed by atoms with Crippen molar-refractivity contribution in [2.24, 2.45) is 0 Å². The lowest BCUT2D eigenvalue weighted by atomic mass is 9.91. The smallest absolute Gasteiger partial charge is 0.408 e. The molecular formula is C26H32N4O3. The fraction of sp³-hybridized carbons (Fsp3) is 0.500. The first-order valence-corrected chi connectivity index (χ1v) is 12.0. The summed E-state index contributed by atoms with van der Waals surface area (Å²) in [5.74, 6) is 0. The third kappa shape index (κ3) is 4.60. The number of para-hydroxylation sites is 1. The van der Waals surface area contributed by atoms with Crippen molar-refractivity contribution >= 4 is 17.0 Å². The summed E-state index contributed by atoms with van der Waals surface area (Å²) in [7, 11) is 0. The molecular weight excluding hydrogens is 416 g/mol. The molecule has 0 spiro atoms. The maximum absolute atomic E-state index is 12.3. The summed E-state index contributed by atoms with van der Waals surface area (Å²) in [6.45, 7) is 6.39. The average molecular weight is 449 g/mol.